The van der Waals surface area contributed by atoms with Crippen molar-refractivity contribution in [2.45, 2.75) is 18.8 Å². The van der Waals surface area contributed by atoms with E-state index < -0.39 is 0 Å². The Kier molecular flexibility index (Phi) is 2.67. The van der Waals surface area contributed by atoms with Gasteiger partial charge in [-0.25, -0.2) is 4.98 Å². The Balaban J connectivity index is 1.87. The van der Waals surface area contributed by atoms with Crippen LogP contribution in [-0.4, -0.2) is 9.97 Å². The van der Waals surface area contributed by atoms with Gasteiger partial charge in [-0.1, -0.05) is 48.6 Å². The Morgan fingerprint density at radius 3 is 2.60 bits per heavy atom. The summed E-state index contributed by atoms with van der Waals surface area (Å²) in [4.78, 5) is 7.93. The van der Waals surface area contributed by atoms with Crippen molar-refractivity contribution in [3.8, 4) is 11.4 Å². The smallest absolute Gasteiger partial charge is 0.139 e. The lowest BCUT2D eigenvalue weighted by Crippen LogP contribution is -1.94. The van der Waals surface area contributed by atoms with Crippen molar-refractivity contribution in [2.75, 3.05) is 0 Å². The van der Waals surface area contributed by atoms with Crippen molar-refractivity contribution in [3.63, 3.8) is 0 Å². The van der Waals surface area contributed by atoms with Crippen LogP contribution in [0.15, 0.2) is 48.5 Å². The first-order chi connectivity index (χ1) is 9.79. The lowest BCUT2D eigenvalue weighted by molar-refractivity contribution is 0.988. The van der Waals surface area contributed by atoms with Gasteiger partial charge in [0.05, 0.1) is 0 Å². The highest BCUT2D eigenvalue weighted by molar-refractivity contribution is 7.71. The molecule has 2 aromatic carbocycles. The fraction of sp³-hybridized carbons (Fsp3) is 0.176. The minimum atomic E-state index is 0.652. The summed E-state index contributed by atoms with van der Waals surface area (Å²) < 4.78 is 0.675. The van der Waals surface area contributed by atoms with Crippen LogP contribution >= 0.6 is 12.2 Å². The van der Waals surface area contributed by atoms with E-state index in [2.05, 4.69) is 52.4 Å². The summed E-state index contributed by atoms with van der Waals surface area (Å²) in [6.45, 7) is 0. The largest absolute Gasteiger partial charge is 0.343 e. The molecule has 0 spiro atoms. The zero-order valence-corrected chi connectivity index (χ0v) is 11.8. The van der Waals surface area contributed by atoms with E-state index in [1.165, 1.54) is 29.3 Å². The summed E-state index contributed by atoms with van der Waals surface area (Å²) >= 11 is 5.30. The van der Waals surface area contributed by atoms with Crippen molar-refractivity contribution in [2.24, 2.45) is 0 Å². The summed E-state index contributed by atoms with van der Waals surface area (Å²) in [5.74, 6) is 1.53. The molecule has 1 N–H and O–H groups in total. The standard InChI is InChI=1S/C17H14N2S/c20-16-10-15(12-6-7-12)18-17(19-16)14-8-5-11-3-1-2-4-13(11)9-14/h1-5,8-10,12H,6-7H2,(H,18,19,20). The van der Waals surface area contributed by atoms with E-state index in [0.717, 1.165) is 11.4 Å². The zero-order valence-electron chi connectivity index (χ0n) is 11.0. The van der Waals surface area contributed by atoms with Gasteiger partial charge in [-0.3, -0.25) is 0 Å². The van der Waals surface area contributed by atoms with E-state index in [1.807, 2.05) is 6.07 Å². The van der Waals surface area contributed by atoms with Crippen LogP contribution in [0.5, 0.6) is 0 Å². The second kappa shape index (κ2) is 4.53. The molecule has 0 radical (unpaired) electrons. The molecule has 0 atom stereocenters. The molecular formula is C17H14N2S. The van der Waals surface area contributed by atoms with Crippen LogP contribution < -0.4 is 0 Å². The van der Waals surface area contributed by atoms with Crippen LogP contribution in [0.2, 0.25) is 0 Å². The molecule has 0 aliphatic heterocycles. The van der Waals surface area contributed by atoms with Gasteiger partial charge < -0.3 is 4.98 Å². The van der Waals surface area contributed by atoms with E-state index in [1.54, 1.807) is 0 Å². The monoisotopic (exact) mass is 278 g/mol. The van der Waals surface area contributed by atoms with Gasteiger partial charge in [0.2, 0.25) is 0 Å². The van der Waals surface area contributed by atoms with Gasteiger partial charge in [0.25, 0.3) is 0 Å². The molecule has 1 saturated carbocycles. The van der Waals surface area contributed by atoms with Gasteiger partial charge in [-0.05, 0) is 41.7 Å². The average Bonchev–Trinajstić information content (AvgIpc) is 3.31. The second-order valence-electron chi connectivity index (χ2n) is 5.36. The molecule has 0 saturated heterocycles. The first-order valence-electron chi connectivity index (χ1n) is 6.90. The highest BCUT2D eigenvalue weighted by atomic mass is 32.1. The molecule has 1 aliphatic rings. The van der Waals surface area contributed by atoms with Crippen LogP contribution in [0.25, 0.3) is 22.2 Å². The highest BCUT2D eigenvalue weighted by Gasteiger charge is 2.24. The predicted molar refractivity (Wildman–Crippen MR) is 84.3 cm³/mol. The maximum atomic E-state index is 5.30. The maximum Gasteiger partial charge on any atom is 0.139 e. The number of nitrogens with zero attached hydrogens (tertiary/aromatic N) is 1. The van der Waals surface area contributed by atoms with Crippen molar-refractivity contribution < 1.29 is 0 Å². The SMILES string of the molecule is S=c1cc(C2CC2)[nH]c(-c2ccc3ccccc3c2)n1. The molecule has 1 aliphatic carbocycles. The third-order valence-corrected chi connectivity index (χ3v) is 4.01. The Labute approximate surface area is 122 Å². The third kappa shape index (κ3) is 2.14. The molecule has 0 unspecified atom stereocenters. The molecule has 1 fully saturated rings. The second-order valence-corrected chi connectivity index (χ2v) is 5.78. The topological polar surface area (TPSA) is 28.7 Å². The van der Waals surface area contributed by atoms with Crippen LogP contribution in [-0.2, 0) is 0 Å². The summed E-state index contributed by atoms with van der Waals surface area (Å²) in [6, 6.07) is 16.8. The lowest BCUT2D eigenvalue weighted by Gasteiger charge is -2.06. The average molecular weight is 278 g/mol. The van der Waals surface area contributed by atoms with Crippen LogP contribution in [0.1, 0.15) is 24.5 Å². The van der Waals surface area contributed by atoms with E-state index in [-0.39, 0.29) is 0 Å². The number of aromatic amines is 1. The van der Waals surface area contributed by atoms with Crippen LogP contribution in [0.4, 0.5) is 0 Å². The molecular weight excluding hydrogens is 264 g/mol. The van der Waals surface area contributed by atoms with Gasteiger partial charge in [-0.2, -0.15) is 0 Å². The summed E-state index contributed by atoms with van der Waals surface area (Å²) in [6.07, 6.45) is 2.51. The Morgan fingerprint density at radius 1 is 1.00 bits per heavy atom. The van der Waals surface area contributed by atoms with Gasteiger partial charge in [0, 0.05) is 11.3 Å². The van der Waals surface area contributed by atoms with E-state index in [0.29, 0.717) is 10.6 Å². The predicted octanol–water partition coefficient (Wildman–Crippen LogP) is 4.84. The number of benzene rings is 2. The molecule has 1 aromatic heterocycles. The number of nitrogens with one attached hydrogen (secondary N) is 1. The Bertz CT molecular complexity index is 847. The zero-order chi connectivity index (χ0) is 13.5. The fourth-order valence-corrected chi connectivity index (χ4v) is 2.78. The van der Waals surface area contributed by atoms with E-state index >= 15 is 0 Å². The van der Waals surface area contributed by atoms with Gasteiger partial charge in [-0.15, -0.1) is 0 Å². The number of rotatable bonds is 2. The van der Waals surface area contributed by atoms with Gasteiger partial charge in [0.15, 0.2) is 0 Å². The Morgan fingerprint density at radius 2 is 1.80 bits per heavy atom. The number of fused-ring (bicyclic) bond motifs is 1. The van der Waals surface area contributed by atoms with Crippen LogP contribution in [0.3, 0.4) is 0 Å². The van der Waals surface area contributed by atoms with Crippen molar-refractivity contribution in [3.05, 3.63) is 58.9 Å². The first kappa shape index (κ1) is 11.8. The highest BCUT2D eigenvalue weighted by Crippen LogP contribution is 2.39. The molecule has 0 amide bonds. The number of hydrogen-bond donors (Lipinski definition) is 1. The molecule has 2 nitrogen and oxygen atoms in total. The van der Waals surface area contributed by atoms with E-state index in [4.69, 9.17) is 12.2 Å². The fourth-order valence-electron chi connectivity index (χ4n) is 2.56. The number of aromatic nitrogens is 2. The molecule has 0 bridgehead atoms. The Hall–Kier alpha value is -2.00. The number of hydrogen-bond acceptors (Lipinski definition) is 2. The third-order valence-electron chi connectivity index (χ3n) is 3.80. The minimum Gasteiger partial charge on any atom is -0.343 e. The quantitative estimate of drug-likeness (QED) is 0.680. The summed E-state index contributed by atoms with van der Waals surface area (Å²) in [5, 5.41) is 2.47. The summed E-state index contributed by atoms with van der Waals surface area (Å²) in [7, 11) is 0. The molecule has 20 heavy (non-hydrogen) atoms. The summed E-state index contributed by atoms with van der Waals surface area (Å²) in [5.41, 5.74) is 2.32. The normalized spacial score (nSPS) is 14.6. The van der Waals surface area contributed by atoms with Gasteiger partial charge in [0.1, 0.15) is 10.5 Å². The molecule has 1 heterocycles. The molecule has 3 aromatic rings. The van der Waals surface area contributed by atoms with E-state index in [9.17, 15) is 0 Å². The van der Waals surface area contributed by atoms with Crippen molar-refractivity contribution in [1.29, 1.82) is 0 Å². The van der Waals surface area contributed by atoms with Gasteiger partial charge >= 0.3 is 0 Å². The maximum absolute atomic E-state index is 5.30. The van der Waals surface area contributed by atoms with Crippen molar-refractivity contribution in [1.82, 2.24) is 9.97 Å². The first-order valence-corrected chi connectivity index (χ1v) is 7.31. The minimum absolute atomic E-state index is 0.652. The molecule has 4 rings (SSSR count). The van der Waals surface area contributed by atoms with Crippen molar-refractivity contribution >= 4 is 23.0 Å². The molecule has 3 heteroatoms. The number of H-pyrrole nitrogens is 1. The van der Waals surface area contributed by atoms with Crippen LogP contribution in [0, 0.1) is 4.64 Å². The lowest BCUT2D eigenvalue weighted by atomic mass is 10.1. The molecule has 98 valence electrons.